The van der Waals surface area contributed by atoms with Gasteiger partial charge in [0, 0.05) is 35.1 Å². The second kappa shape index (κ2) is 8.49. The number of aromatic amines is 1. The largest absolute Gasteiger partial charge is 0.451 e. The van der Waals surface area contributed by atoms with E-state index in [1.165, 1.54) is 35.8 Å². The molecule has 2 aromatic carbocycles. The van der Waals surface area contributed by atoms with E-state index in [0.29, 0.717) is 11.3 Å². The minimum Gasteiger partial charge on any atom is -0.451 e. The van der Waals surface area contributed by atoms with E-state index in [1.54, 1.807) is 24.3 Å². The van der Waals surface area contributed by atoms with Crippen LogP contribution in [0.3, 0.4) is 0 Å². The molecule has 0 saturated heterocycles. The molecule has 36 heavy (non-hydrogen) atoms. The molecule has 0 unspecified atom stereocenters. The minimum absolute atomic E-state index is 0.121. The normalized spacial score (nSPS) is 13.9. The van der Waals surface area contributed by atoms with Crippen LogP contribution in [0, 0.1) is 5.82 Å². The third kappa shape index (κ3) is 3.61. The predicted octanol–water partition coefficient (Wildman–Crippen LogP) is 6.67. The van der Waals surface area contributed by atoms with Gasteiger partial charge in [0.1, 0.15) is 11.5 Å². The molecule has 0 amide bonds. The number of fused-ring (bicyclic) bond motifs is 3. The fourth-order valence-electron chi connectivity index (χ4n) is 4.72. The topological polar surface area (TPSA) is 79.2 Å². The fraction of sp³-hybridized carbons (Fsp3) is 0.107. The lowest BCUT2D eigenvalue weighted by molar-refractivity contribution is 0.449. The molecule has 1 N–H and O–H groups in total. The van der Waals surface area contributed by atoms with E-state index in [0.717, 1.165) is 51.4 Å². The zero-order valence-electron chi connectivity index (χ0n) is 19.4. The maximum atomic E-state index is 13.7. The van der Waals surface area contributed by atoms with Gasteiger partial charge in [0.25, 0.3) is 10.0 Å². The Bertz CT molecular complexity index is 1770. The monoisotopic (exact) mass is 499 g/mol. The number of H-pyrrole nitrogens is 1. The number of benzene rings is 2. The van der Waals surface area contributed by atoms with Crippen molar-refractivity contribution in [3.05, 3.63) is 96.7 Å². The van der Waals surface area contributed by atoms with Crippen LogP contribution in [0.5, 0.6) is 0 Å². The molecule has 0 bridgehead atoms. The molecule has 0 aliphatic heterocycles. The first-order chi connectivity index (χ1) is 17.4. The van der Waals surface area contributed by atoms with E-state index < -0.39 is 10.0 Å². The van der Waals surface area contributed by atoms with Crippen molar-refractivity contribution in [3.63, 3.8) is 0 Å². The lowest BCUT2D eigenvalue weighted by atomic mass is 9.88. The highest BCUT2D eigenvalue weighted by Gasteiger charge is 2.25. The number of pyridine rings is 1. The van der Waals surface area contributed by atoms with E-state index in [9.17, 15) is 12.8 Å². The van der Waals surface area contributed by atoms with Crippen LogP contribution in [0.4, 0.5) is 10.1 Å². The van der Waals surface area contributed by atoms with Crippen LogP contribution in [0.25, 0.3) is 38.6 Å². The van der Waals surface area contributed by atoms with Crippen LogP contribution in [-0.4, -0.2) is 25.4 Å². The second-order valence-electron chi connectivity index (χ2n) is 8.70. The molecule has 5 aromatic rings. The number of nitrogens with one attached hydrogen (secondary N) is 1. The van der Waals surface area contributed by atoms with Crippen molar-refractivity contribution in [1.29, 1.82) is 0 Å². The maximum Gasteiger partial charge on any atom is 0.297 e. The Balaban J connectivity index is 1.61. The lowest BCUT2D eigenvalue weighted by Crippen LogP contribution is -2.26. The van der Waals surface area contributed by atoms with Gasteiger partial charge in [-0.3, -0.25) is 4.31 Å². The summed E-state index contributed by atoms with van der Waals surface area (Å²) in [5.41, 5.74) is 5.95. The van der Waals surface area contributed by atoms with Crippen molar-refractivity contribution < 1.29 is 17.2 Å². The van der Waals surface area contributed by atoms with Crippen LogP contribution in [0.1, 0.15) is 18.4 Å². The standard InChI is InChI=1S/C28H22FN3O3S/c1-32(36(33,34)25-8-5-15-35-25)21-13-14-24-22(16-21)27-26(19-6-3-2-4-7-19)23(17-30-28(27)31-24)18-9-11-20(29)12-10-18/h2-3,5-6,8-17H,4,7H2,1H3,(H,30,31). The van der Waals surface area contributed by atoms with Crippen LogP contribution in [-0.2, 0) is 10.0 Å². The number of sulfonamides is 1. The average molecular weight is 500 g/mol. The maximum absolute atomic E-state index is 13.7. The van der Waals surface area contributed by atoms with Gasteiger partial charge in [0.05, 0.1) is 12.0 Å². The van der Waals surface area contributed by atoms with Gasteiger partial charge in [-0.1, -0.05) is 30.4 Å². The van der Waals surface area contributed by atoms with E-state index in [2.05, 4.69) is 17.1 Å². The molecule has 0 saturated carbocycles. The van der Waals surface area contributed by atoms with E-state index in [-0.39, 0.29) is 10.9 Å². The first kappa shape index (κ1) is 22.3. The third-order valence-electron chi connectivity index (χ3n) is 6.57. The fourth-order valence-corrected chi connectivity index (χ4v) is 5.81. The van der Waals surface area contributed by atoms with Crippen molar-refractivity contribution in [2.45, 2.75) is 17.9 Å². The summed E-state index contributed by atoms with van der Waals surface area (Å²) >= 11 is 0. The Morgan fingerprint density at radius 3 is 2.67 bits per heavy atom. The Morgan fingerprint density at radius 1 is 1.11 bits per heavy atom. The van der Waals surface area contributed by atoms with Gasteiger partial charge in [-0.05, 0) is 72.0 Å². The smallest absolute Gasteiger partial charge is 0.297 e. The van der Waals surface area contributed by atoms with Crippen molar-refractivity contribution in [2.75, 3.05) is 11.4 Å². The van der Waals surface area contributed by atoms with E-state index in [4.69, 9.17) is 9.40 Å². The van der Waals surface area contributed by atoms with E-state index >= 15 is 0 Å². The molecule has 0 radical (unpaired) electrons. The number of anilines is 1. The first-order valence-corrected chi connectivity index (χ1v) is 13.0. The van der Waals surface area contributed by atoms with Gasteiger partial charge in [0.2, 0.25) is 5.09 Å². The molecular weight excluding hydrogens is 477 g/mol. The van der Waals surface area contributed by atoms with Crippen molar-refractivity contribution in [3.8, 4) is 11.1 Å². The SMILES string of the molecule is CN(c1ccc2[nH]c3ncc(-c4ccc(F)cc4)c(C4=CC=CCC4)c3c2c1)S(=O)(=O)c1ccco1. The Kier molecular flexibility index (Phi) is 5.26. The average Bonchev–Trinajstić information content (AvgIpc) is 3.57. The third-order valence-corrected chi connectivity index (χ3v) is 8.24. The highest BCUT2D eigenvalue weighted by Crippen LogP contribution is 2.41. The number of furan rings is 1. The number of nitrogens with zero attached hydrogens (tertiary/aromatic N) is 2. The van der Waals surface area contributed by atoms with Crippen LogP contribution in [0.2, 0.25) is 0 Å². The molecule has 3 heterocycles. The summed E-state index contributed by atoms with van der Waals surface area (Å²) in [4.78, 5) is 8.07. The highest BCUT2D eigenvalue weighted by molar-refractivity contribution is 7.92. The quantitative estimate of drug-likeness (QED) is 0.293. The van der Waals surface area contributed by atoms with Gasteiger partial charge >= 0.3 is 0 Å². The molecule has 3 aromatic heterocycles. The first-order valence-electron chi connectivity index (χ1n) is 11.5. The zero-order chi connectivity index (χ0) is 24.9. The van der Waals surface area contributed by atoms with Gasteiger partial charge < -0.3 is 9.40 Å². The summed E-state index contributed by atoms with van der Waals surface area (Å²) in [5, 5.41) is 1.63. The zero-order valence-corrected chi connectivity index (χ0v) is 20.2. The van der Waals surface area contributed by atoms with Crippen molar-refractivity contribution in [2.24, 2.45) is 0 Å². The number of hydrogen-bond donors (Lipinski definition) is 1. The van der Waals surface area contributed by atoms with Crippen LogP contribution < -0.4 is 4.31 Å². The van der Waals surface area contributed by atoms with Gasteiger partial charge in [0.15, 0.2) is 0 Å². The molecular formula is C28H22FN3O3S. The van der Waals surface area contributed by atoms with Crippen molar-refractivity contribution >= 4 is 43.2 Å². The summed E-state index contributed by atoms with van der Waals surface area (Å²) in [6.07, 6.45) is 11.2. The summed E-state index contributed by atoms with van der Waals surface area (Å²) in [7, 11) is -2.35. The molecule has 0 atom stereocenters. The minimum atomic E-state index is -3.85. The van der Waals surface area contributed by atoms with Gasteiger partial charge in [-0.2, -0.15) is 8.42 Å². The molecule has 1 aliphatic rings. The summed E-state index contributed by atoms with van der Waals surface area (Å²) in [6.45, 7) is 0. The van der Waals surface area contributed by atoms with Crippen LogP contribution in [0.15, 0.2) is 94.8 Å². The second-order valence-corrected chi connectivity index (χ2v) is 10.6. The Hall–Kier alpha value is -4.17. The predicted molar refractivity (Wildman–Crippen MR) is 140 cm³/mol. The Morgan fingerprint density at radius 2 is 1.94 bits per heavy atom. The number of rotatable bonds is 5. The molecule has 6 nitrogen and oxygen atoms in total. The summed E-state index contributed by atoms with van der Waals surface area (Å²) in [5.74, 6) is -0.299. The summed E-state index contributed by atoms with van der Waals surface area (Å²) in [6, 6.07) is 14.8. The summed E-state index contributed by atoms with van der Waals surface area (Å²) < 4.78 is 46.2. The molecule has 0 spiro atoms. The van der Waals surface area contributed by atoms with Crippen LogP contribution >= 0.6 is 0 Å². The number of aromatic nitrogens is 2. The highest BCUT2D eigenvalue weighted by atomic mass is 32.2. The molecule has 6 rings (SSSR count). The molecule has 0 fully saturated rings. The number of halogens is 1. The number of hydrogen-bond acceptors (Lipinski definition) is 4. The van der Waals surface area contributed by atoms with E-state index in [1.807, 2.05) is 24.4 Å². The molecule has 180 valence electrons. The lowest BCUT2D eigenvalue weighted by Gasteiger charge is -2.18. The Labute approximate surface area is 207 Å². The number of allylic oxidation sites excluding steroid dienone is 4. The van der Waals surface area contributed by atoms with Gasteiger partial charge in [-0.25, -0.2) is 9.37 Å². The van der Waals surface area contributed by atoms with Crippen molar-refractivity contribution in [1.82, 2.24) is 9.97 Å². The molecule has 1 aliphatic carbocycles. The molecule has 8 heteroatoms. The van der Waals surface area contributed by atoms with Gasteiger partial charge in [-0.15, -0.1) is 0 Å².